The van der Waals surface area contributed by atoms with Gasteiger partial charge in [-0.05, 0) is 48.6 Å². The molecule has 1 aliphatic rings. The molecule has 7 heteroatoms. The Morgan fingerprint density at radius 1 is 1.18 bits per heavy atom. The second-order valence-corrected chi connectivity index (χ2v) is 9.45. The van der Waals surface area contributed by atoms with Crippen molar-refractivity contribution < 1.29 is 9.47 Å². The van der Waals surface area contributed by atoms with Crippen LogP contribution in [0.5, 0.6) is 5.75 Å². The van der Waals surface area contributed by atoms with E-state index in [2.05, 4.69) is 58.8 Å². The van der Waals surface area contributed by atoms with Crippen molar-refractivity contribution in [3.63, 3.8) is 0 Å². The zero-order chi connectivity index (χ0) is 22.8. The Bertz CT molecular complexity index is 1270. The summed E-state index contributed by atoms with van der Waals surface area (Å²) in [5, 5.41) is 14.7. The van der Waals surface area contributed by atoms with Crippen LogP contribution in [0.2, 0.25) is 0 Å². The molecule has 0 radical (unpaired) electrons. The van der Waals surface area contributed by atoms with Gasteiger partial charge in [-0.15, -0.1) is 16.4 Å². The third-order valence-electron chi connectivity index (χ3n) is 6.19. The number of nitrogens with one attached hydrogen (secondary N) is 1. The van der Waals surface area contributed by atoms with E-state index < -0.39 is 0 Å². The number of thiophene rings is 1. The van der Waals surface area contributed by atoms with E-state index in [1.54, 1.807) is 6.20 Å². The summed E-state index contributed by atoms with van der Waals surface area (Å²) >= 11 is 1.83. The Hall–Kier alpha value is -3.16. The Kier molecular flexibility index (Phi) is 6.15. The minimum absolute atomic E-state index is 0.0779. The number of aryl methyl sites for hydroxylation is 2. The van der Waals surface area contributed by atoms with E-state index in [1.807, 2.05) is 24.5 Å². The monoisotopic (exact) mass is 460 g/mol. The Labute approximate surface area is 197 Å². The molecule has 0 unspecified atom stereocenters. The second-order valence-electron chi connectivity index (χ2n) is 8.35. The molecule has 2 aromatic carbocycles. The molecule has 170 valence electrons. The van der Waals surface area contributed by atoms with E-state index in [1.165, 1.54) is 32.1 Å². The Morgan fingerprint density at radius 3 is 2.79 bits per heavy atom. The zero-order valence-electron chi connectivity index (χ0n) is 18.9. The molecule has 2 aromatic heterocycles. The molecule has 1 aliphatic heterocycles. The van der Waals surface area contributed by atoms with E-state index in [0.29, 0.717) is 12.4 Å². The number of nitrogens with two attached hydrogens (primary N) is 1. The third-order valence-corrected chi connectivity index (χ3v) is 7.56. The highest BCUT2D eigenvalue weighted by atomic mass is 32.1. The van der Waals surface area contributed by atoms with Crippen molar-refractivity contribution >= 4 is 32.9 Å². The van der Waals surface area contributed by atoms with Crippen molar-refractivity contribution in [2.45, 2.75) is 32.3 Å². The van der Waals surface area contributed by atoms with Gasteiger partial charge in [0.2, 0.25) is 0 Å². The van der Waals surface area contributed by atoms with E-state index in [4.69, 9.17) is 15.2 Å². The number of ether oxygens (including phenoxy) is 2. The highest BCUT2D eigenvalue weighted by Crippen LogP contribution is 2.40. The molecular weight excluding hydrogens is 432 g/mol. The lowest BCUT2D eigenvalue weighted by atomic mass is 9.97. The van der Waals surface area contributed by atoms with Crippen molar-refractivity contribution in [1.82, 2.24) is 10.2 Å². The minimum Gasteiger partial charge on any atom is -0.488 e. The van der Waals surface area contributed by atoms with Gasteiger partial charge in [0, 0.05) is 34.7 Å². The fourth-order valence-electron chi connectivity index (χ4n) is 4.54. The number of nitrogen functional groups attached to an aromatic ring is 1. The van der Waals surface area contributed by atoms with Crippen LogP contribution in [0.3, 0.4) is 0 Å². The van der Waals surface area contributed by atoms with Gasteiger partial charge in [-0.2, -0.15) is 5.10 Å². The first kappa shape index (κ1) is 21.7. The molecule has 1 atom stereocenters. The van der Waals surface area contributed by atoms with E-state index in [0.717, 1.165) is 42.4 Å². The maximum absolute atomic E-state index is 6.23. The normalized spacial score (nSPS) is 15.8. The summed E-state index contributed by atoms with van der Waals surface area (Å²) in [6.07, 6.45) is 4.54. The van der Waals surface area contributed by atoms with Crippen LogP contribution in [-0.2, 0) is 17.6 Å². The van der Waals surface area contributed by atoms with E-state index in [-0.39, 0.29) is 6.10 Å². The van der Waals surface area contributed by atoms with Crippen LogP contribution < -0.4 is 15.8 Å². The van der Waals surface area contributed by atoms with Crippen LogP contribution in [-0.4, -0.2) is 36.6 Å². The lowest BCUT2D eigenvalue weighted by Gasteiger charge is -2.15. The van der Waals surface area contributed by atoms with Gasteiger partial charge in [-0.25, -0.2) is 0 Å². The molecule has 3 heterocycles. The van der Waals surface area contributed by atoms with Crippen LogP contribution in [0.25, 0.3) is 21.9 Å². The average Bonchev–Trinajstić information content (AvgIpc) is 3.46. The van der Waals surface area contributed by atoms with Gasteiger partial charge in [0.05, 0.1) is 24.4 Å². The lowest BCUT2D eigenvalue weighted by Crippen LogP contribution is -2.16. The van der Waals surface area contributed by atoms with Gasteiger partial charge < -0.3 is 20.5 Å². The molecule has 33 heavy (non-hydrogen) atoms. The molecule has 6 nitrogen and oxygen atoms in total. The molecule has 0 amide bonds. The molecule has 3 N–H and O–H groups in total. The van der Waals surface area contributed by atoms with Gasteiger partial charge >= 0.3 is 0 Å². The Morgan fingerprint density at radius 2 is 2.03 bits per heavy atom. The van der Waals surface area contributed by atoms with Crippen molar-refractivity contribution in [1.29, 1.82) is 0 Å². The number of fused-ring (bicyclic) bond motifs is 1. The maximum atomic E-state index is 6.23. The first-order chi connectivity index (χ1) is 16.1. The summed E-state index contributed by atoms with van der Waals surface area (Å²) in [6.45, 7) is 3.56. The van der Waals surface area contributed by atoms with Crippen LogP contribution in [0.4, 0.5) is 10.8 Å². The molecule has 0 bridgehead atoms. The van der Waals surface area contributed by atoms with Crippen molar-refractivity contribution in [3.05, 3.63) is 64.7 Å². The van der Waals surface area contributed by atoms with Crippen molar-refractivity contribution in [2.75, 3.05) is 31.3 Å². The number of anilines is 2. The molecule has 5 rings (SSSR count). The summed E-state index contributed by atoms with van der Waals surface area (Å²) in [5.41, 5.74) is 11.2. The summed E-state index contributed by atoms with van der Waals surface area (Å²) in [6, 6.07) is 14.7. The summed E-state index contributed by atoms with van der Waals surface area (Å²) < 4.78 is 11.7. The largest absolute Gasteiger partial charge is 0.488 e. The van der Waals surface area contributed by atoms with Gasteiger partial charge in [-0.1, -0.05) is 30.3 Å². The number of nitrogens with zero attached hydrogens (tertiary/aromatic N) is 2. The molecule has 0 saturated carbocycles. The molecule has 0 spiro atoms. The van der Waals surface area contributed by atoms with Gasteiger partial charge in [0.1, 0.15) is 11.9 Å². The maximum Gasteiger partial charge on any atom is 0.154 e. The number of rotatable bonds is 7. The fraction of sp³-hybridized carbons (Fsp3) is 0.308. The van der Waals surface area contributed by atoms with Crippen molar-refractivity contribution in [3.8, 4) is 16.9 Å². The van der Waals surface area contributed by atoms with Crippen LogP contribution in [0.15, 0.2) is 48.7 Å². The number of hydrogen-bond donors (Lipinski definition) is 2. The SMILES string of the molecule is CNc1sc(CCc2cc(O[C@H]3CCOC3)cc3c(N)nncc23)c(-c2ccccc2)c1C. The molecule has 4 aromatic rings. The first-order valence-corrected chi connectivity index (χ1v) is 12.1. The molecule has 0 aliphatic carbocycles. The summed E-state index contributed by atoms with van der Waals surface area (Å²) in [7, 11) is 1.99. The van der Waals surface area contributed by atoms with Crippen molar-refractivity contribution in [2.24, 2.45) is 0 Å². The van der Waals surface area contributed by atoms with Crippen LogP contribution in [0.1, 0.15) is 22.4 Å². The summed E-state index contributed by atoms with van der Waals surface area (Å²) in [5.74, 6) is 1.24. The van der Waals surface area contributed by atoms with Gasteiger partial charge in [0.25, 0.3) is 0 Å². The summed E-state index contributed by atoms with van der Waals surface area (Å²) in [4.78, 5) is 1.36. The van der Waals surface area contributed by atoms with E-state index >= 15 is 0 Å². The standard InChI is InChI=1S/C26H28N4O2S/c1-16-24(17-6-4-3-5-7-17)23(33-26(16)28-2)9-8-18-12-20(32-19-10-11-31-15-19)13-21-22(18)14-29-30-25(21)27/h3-7,12-14,19,28H,8-11,15H2,1-2H3,(H2,27,30)/t19-/m0/s1. The first-order valence-electron chi connectivity index (χ1n) is 11.3. The fourth-order valence-corrected chi connectivity index (χ4v) is 5.72. The second kappa shape index (κ2) is 9.37. The number of hydrogen-bond acceptors (Lipinski definition) is 7. The van der Waals surface area contributed by atoms with Crippen LogP contribution in [0, 0.1) is 6.92 Å². The smallest absolute Gasteiger partial charge is 0.154 e. The quantitative estimate of drug-likeness (QED) is 0.392. The predicted octanol–water partition coefficient (Wildman–Crippen LogP) is 5.24. The zero-order valence-corrected chi connectivity index (χ0v) is 19.7. The number of benzene rings is 2. The van der Waals surface area contributed by atoms with Gasteiger partial charge in [0.15, 0.2) is 5.82 Å². The third kappa shape index (κ3) is 4.38. The molecule has 1 fully saturated rings. The topological polar surface area (TPSA) is 82.3 Å². The Balaban J connectivity index is 1.50. The molecule has 1 saturated heterocycles. The lowest BCUT2D eigenvalue weighted by molar-refractivity contribution is 0.141. The van der Waals surface area contributed by atoms with Crippen LogP contribution >= 0.6 is 11.3 Å². The highest BCUT2D eigenvalue weighted by molar-refractivity contribution is 7.16. The minimum atomic E-state index is 0.0779. The average molecular weight is 461 g/mol. The molecular formula is C26H28N4O2S. The number of aromatic nitrogens is 2. The van der Waals surface area contributed by atoms with Gasteiger partial charge in [-0.3, -0.25) is 0 Å². The highest BCUT2D eigenvalue weighted by Gasteiger charge is 2.20. The predicted molar refractivity (Wildman–Crippen MR) is 135 cm³/mol. The van der Waals surface area contributed by atoms with E-state index in [9.17, 15) is 0 Å².